The van der Waals surface area contributed by atoms with Crippen molar-refractivity contribution in [3.8, 4) is 0 Å². The Hall–Kier alpha value is -1.56. The first-order valence-electron chi connectivity index (χ1n) is 6.21. The summed E-state index contributed by atoms with van der Waals surface area (Å²) in [6.07, 6.45) is 11.4. The van der Waals surface area contributed by atoms with Crippen molar-refractivity contribution < 1.29 is 0 Å². The third-order valence-electron chi connectivity index (χ3n) is 3.53. The Kier molecular flexibility index (Phi) is 2.32. The SMILES string of the molecule is C[C]1C=C(C)C=c2cc3c(cc21)=CC(C)C=C3. The highest BCUT2D eigenvalue weighted by Gasteiger charge is 2.12. The number of allylic oxidation sites excluding steroid dienone is 3. The minimum absolute atomic E-state index is 0.547. The van der Waals surface area contributed by atoms with Gasteiger partial charge in [0.05, 0.1) is 0 Å². The van der Waals surface area contributed by atoms with E-state index < -0.39 is 0 Å². The topological polar surface area (TPSA) is 0 Å². The maximum absolute atomic E-state index is 2.34. The number of benzene rings is 1. The quantitative estimate of drug-likeness (QED) is 0.632. The van der Waals surface area contributed by atoms with Gasteiger partial charge in [0.1, 0.15) is 0 Å². The lowest BCUT2D eigenvalue weighted by Crippen LogP contribution is -2.23. The van der Waals surface area contributed by atoms with E-state index in [-0.39, 0.29) is 0 Å². The van der Waals surface area contributed by atoms with Gasteiger partial charge >= 0.3 is 0 Å². The molecule has 0 N–H and O–H groups in total. The van der Waals surface area contributed by atoms with Crippen molar-refractivity contribution in [1.82, 2.24) is 0 Å². The van der Waals surface area contributed by atoms with Crippen molar-refractivity contribution in [3.05, 3.63) is 57.3 Å². The van der Waals surface area contributed by atoms with Crippen LogP contribution in [0, 0.1) is 11.8 Å². The van der Waals surface area contributed by atoms with Crippen LogP contribution in [0.4, 0.5) is 0 Å². The van der Waals surface area contributed by atoms with Crippen LogP contribution in [0.5, 0.6) is 0 Å². The summed E-state index contributed by atoms with van der Waals surface area (Å²) in [7, 11) is 0. The van der Waals surface area contributed by atoms with Crippen LogP contribution in [-0.4, -0.2) is 0 Å². The van der Waals surface area contributed by atoms with Gasteiger partial charge in [-0.1, -0.05) is 49.8 Å². The van der Waals surface area contributed by atoms with Gasteiger partial charge in [-0.05, 0) is 46.5 Å². The molecule has 1 atom stereocenters. The van der Waals surface area contributed by atoms with Crippen LogP contribution in [0.3, 0.4) is 0 Å². The Labute approximate surface area is 103 Å². The van der Waals surface area contributed by atoms with Gasteiger partial charge in [-0.3, -0.25) is 0 Å². The lowest BCUT2D eigenvalue weighted by Gasteiger charge is -2.16. The molecule has 0 saturated carbocycles. The van der Waals surface area contributed by atoms with Crippen molar-refractivity contribution in [3.63, 3.8) is 0 Å². The fourth-order valence-electron chi connectivity index (χ4n) is 2.70. The van der Waals surface area contributed by atoms with E-state index in [0.29, 0.717) is 5.92 Å². The van der Waals surface area contributed by atoms with Crippen molar-refractivity contribution in [1.29, 1.82) is 0 Å². The van der Waals surface area contributed by atoms with Crippen molar-refractivity contribution in [2.45, 2.75) is 20.8 Å². The molecular formula is C17H17. The van der Waals surface area contributed by atoms with Gasteiger partial charge in [0.15, 0.2) is 0 Å². The second-order valence-corrected chi connectivity index (χ2v) is 5.17. The number of rotatable bonds is 0. The third-order valence-corrected chi connectivity index (χ3v) is 3.53. The smallest absolute Gasteiger partial charge is 0.0245 e. The molecule has 1 unspecified atom stereocenters. The molecule has 85 valence electrons. The van der Waals surface area contributed by atoms with Crippen LogP contribution in [0.25, 0.3) is 18.2 Å². The zero-order valence-corrected chi connectivity index (χ0v) is 10.6. The van der Waals surface area contributed by atoms with E-state index >= 15 is 0 Å². The summed E-state index contributed by atoms with van der Waals surface area (Å²) in [4.78, 5) is 0. The van der Waals surface area contributed by atoms with E-state index in [1.165, 1.54) is 33.1 Å². The molecule has 0 heterocycles. The van der Waals surface area contributed by atoms with Crippen LogP contribution in [0.2, 0.25) is 0 Å². The van der Waals surface area contributed by atoms with Crippen LogP contribution < -0.4 is 10.4 Å². The molecule has 1 radical (unpaired) electrons. The van der Waals surface area contributed by atoms with Gasteiger partial charge in [-0.25, -0.2) is 0 Å². The maximum Gasteiger partial charge on any atom is 0.0245 e. The molecule has 0 amide bonds. The number of fused-ring (bicyclic) bond motifs is 2. The fraction of sp³-hybridized carbons (Fsp3) is 0.235. The molecule has 0 nitrogen and oxygen atoms in total. The first-order chi connectivity index (χ1) is 8.13. The highest BCUT2D eigenvalue weighted by atomic mass is 14.2. The molecule has 0 fully saturated rings. The molecule has 0 bridgehead atoms. The lowest BCUT2D eigenvalue weighted by atomic mass is 9.88. The lowest BCUT2D eigenvalue weighted by molar-refractivity contribution is 0.991. The molecule has 1 aromatic rings. The molecule has 2 aliphatic carbocycles. The number of hydrogen-bond acceptors (Lipinski definition) is 0. The highest BCUT2D eigenvalue weighted by Crippen LogP contribution is 2.19. The predicted octanol–water partition coefficient (Wildman–Crippen LogP) is 2.81. The molecule has 17 heavy (non-hydrogen) atoms. The van der Waals surface area contributed by atoms with E-state index in [2.05, 4.69) is 63.3 Å². The second kappa shape index (κ2) is 3.73. The molecule has 0 heteroatoms. The van der Waals surface area contributed by atoms with Gasteiger partial charge in [-0.2, -0.15) is 0 Å². The minimum atomic E-state index is 0.547. The zero-order chi connectivity index (χ0) is 12.0. The molecule has 0 spiro atoms. The summed E-state index contributed by atoms with van der Waals surface area (Å²) < 4.78 is 0. The fourth-order valence-corrected chi connectivity index (χ4v) is 2.70. The molecule has 0 aromatic heterocycles. The van der Waals surface area contributed by atoms with Crippen molar-refractivity contribution >= 4 is 18.2 Å². The Bertz CT molecular complexity index is 641. The van der Waals surface area contributed by atoms with Crippen LogP contribution in [0.1, 0.15) is 31.9 Å². The first-order valence-corrected chi connectivity index (χ1v) is 6.21. The third kappa shape index (κ3) is 1.78. The largest absolute Gasteiger partial charge is 0.0773 e. The van der Waals surface area contributed by atoms with Gasteiger partial charge in [-0.15, -0.1) is 0 Å². The minimum Gasteiger partial charge on any atom is -0.0773 e. The molecule has 3 rings (SSSR count). The molecule has 0 aliphatic heterocycles. The molecule has 1 aromatic carbocycles. The first kappa shape index (κ1) is 10.6. The monoisotopic (exact) mass is 221 g/mol. The normalized spacial score (nSPS) is 22.1. The summed E-state index contributed by atoms with van der Waals surface area (Å²) in [5.41, 5.74) is 4.07. The Morgan fingerprint density at radius 1 is 1.00 bits per heavy atom. The predicted molar refractivity (Wildman–Crippen MR) is 74.6 cm³/mol. The summed E-state index contributed by atoms with van der Waals surface area (Å²) in [6.45, 7) is 6.59. The van der Waals surface area contributed by atoms with E-state index in [1.54, 1.807) is 0 Å². The van der Waals surface area contributed by atoms with E-state index in [9.17, 15) is 0 Å². The average Bonchev–Trinajstić information content (AvgIpc) is 2.27. The molecular weight excluding hydrogens is 204 g/mol. The van der Waals surface area contributed by atoms with Crippen LogP contribution in [-0.2, 0) is 0 Å². The van der Waals surface area contributed by atoms with Crippen molar-refractivity contribution in [2.24, 2.45) is 5.92 Å². The average molecular weight is 221 g/mol. The van der Waals surface area contributed by atoms with E-state index in [4.69, 9.17) is 0 Å². The summed E-state index contributed by atoms with van der Waals surface area (Å²) >= 11 is 0. The molecule has 0 saturated heterocycles. The molecule has 2 aliphatic rings. The zero-order valence-electron chi connectivity index (χ0n) is 10.6. The highest BCUT2D eigenvalue weighted by molar-refractivity contribution is 5.64. The van der Waals surface area contributed by atoms with Gasteiger partial charge in [0.2, 0.25) is 0 Å². The summed E-state index contributed by atoms with van der Waals surface area (Å²) in [5.74, 6) is 1.92. The van der Waals surface area contributed by atoms with E-state index in [0.717, 1.165) is 0 Å². The van der Waals surface area contributed by atoms with Crippen LogP contribution in [0.15, 0.2) is 29.9 Å². The number of hydrogen-bond donors (Lipinski definition) is 0. The van der Waals surface area contributed by atoms with Gasteiger partial charge in [0.25, 0.3) is 0 Å². The Morgan fingerprint density at radius 2 is 1.82 bits per heavy atom. The van der Waals surface area contributed by atoms with Crippen LogP contribution >= 0.6 is 0 Å². The standard InChI is InChI=1S/C17H17/c1-11-4-5-14-9-16-8-12(2)6-13(3)17(16)10-15(14)7-11/h4-11H,1-3H3. The Morgan fingerprint density at radius 3 is 2.65 bits per heavy atom. The van der Waals surface area contributed by atoms with Gasteiger partial charge in [0, 0.05) is 5.92 Å². The second-order valence-electron chi connectivity index (χ2n) is 5.17. The maximum atomic E-state index is 2.34. The van der Waals surface area contributed by atoms with Gasteiger partial charge < -0.3 is 0 Å². The Balaban J connectivity index is 2.31. The summed E-state index contributed by atoms with van der Waals surface area (Å²) in [5, 5.41) is 2.73. The summed E-state index contributed by atoms with van der Waals surface area (Å²) in [6, 6.07) is 4.64. The van der Waals surface area contributed by atoms with E-state index in [1.807, 2.05) is 0 Å². The van der Waals surface area contributed by atoms with Crippen molar-refractivity contribution in [2.75, 3.05) is 0 Å².